The Hall–Kier alpha value is -3.55. The number of rotatable bonds is 4. The maximum Gasteiger partial charge on any atom is 0.255 e. The zero-order chi connectivity index (χ0) is 21.1. The van der Waals surface area contributed by atoms with E-state index in [1.807, 2.05) is 44.2 Å². The highest BCUT2D eigenvalue weighted by Gasteiger charge is 2.24. The number of halogens is 1. The molecule has 0 atom stereocenters. The molecule has 3 heterocycles. The average Bonchev–Trinajstić information content (AvgIpc) is 2.74. The number of anilines is 3. The number of carbonyl (C=O) groups excluding carboxylic acids is 1. The lowest BCUT2D eigenvalue weighted by Gasteiger charge is -2.35. The molecule has 7 nitrogen and oxygen atoms in total. The Kier molecular flexibility index (Phi) is 5.56. The van der Waals surface area contributed by atoms with Crippen molar-refractivity contribution in [3.8, 4) is 0 Å². The molecule has 1 saturated heterocycles. The van der Waals surface area contributed by atoms with Crippen LogP contribution < -0.4 is 10.2 Å². The number of nitrogens with one attached hydrogen (secondary N) is 1. The largest absolute Gasteiger partial charge is 0.353 e. The van der Waals surface area contributed by atoms with Gasteiger partial charge in [-0.2, -0.15) is 0 Å². The number of piperazine rings is 1. The van der Waals surface area contributed by atoms with Crippen molar-refractivity contribution in [3.05, 3.63) is 71.6 Å². The van der Waals surface area contributed by atoms with Crippen molar-refractivity contribution in [2.45, 2.75) is 13.8 Å². The number of aryl methyl sites for hydroxylation is 2. The lowest BCUT2D eigenvalue weighted by atomic mass is 10.2. The summed E-state index contributed by atoms with van der Waals surface area (Å²) in [5.74, 6) is 1.50. The third kappa shape index (κ3) is 4.53. The van der Waals surface area contributed by atoms with Crippen LogP contribution in [-0.2, 0) is 0 Å². The quantitative estimate of drug-likeness (QED) is 0.716. The molecular weight excluding hydrogens is 383 g/mol. The van der Waals surface area contributed by atoms with Crippen LogP contribution in [0.15, 0.2) is 48.8 Å². The van der Waals surface area contributed by atoms with E-state index < -0.39 is 5.82 Å². The summed E-state index contributed by atoms with van der Waals surface area (Å²) in [5.41, 5.74) is 2.43. The Morgan fingerprint density at radius 1 is 1.00 bits per heavy atom. The van der Waals surface area contributed by atoms with E-state index in [0.717, 1.165) is 23.5 Å². The van der Waals surface area contributed by atoms with Crippen molar-refractivity contribution < 1.29 is 9.18 Å². The van der Waals surface area contributed by atoms with Crippen molar-refractivity contribution in [2.75, 3.05) is 36.4 Å². The van der Waals surface area contributed by atoms with Gasteiger partial charge in [-0.3, -0.25) is 9.78 Å². The summed E-state index contributed by atoms with van der Waals surface area (Å²) in [6, 6.07) is 11.2. The summed E-state index contributed by atoms with van der Waals surface area (Å²) >= 11 is 0. The van der Waals surface area contributed by atoms with Crippen molar-refractivity contribution in [1.82, 2.24) is 19.9 Å². The van der Waals surface area contributed by atoms with Gasteiger partial charge in [-0.25, -0.2) is 14.4 Å². The molecule has 1 fully saturated rings. The molecule has 0 radical (unpaired) electrons. The minimum absolute atomic E-state index is 0.206. The first kappa shape index (κ1) is 19.8. The molecule has 0 unspecified atom stereocenters. The van der Waals surface area contributed by atoms with Crippen LogP contribution in [-0.4, -0.2) is 51.9 Å². The zero-order valence-corrected chi connectivity index (χ0v) is 17.0. The third-order valence-corrected chi connectivity index (χ3v) is 4.99. The van der Waals surface area contributed by atoms with Gasteiger partial charge >= 0.3 is 0 Å². The van der Waals surface area contributed by atoms with Crippen molar-refractivity contribution in [2.24, 2.45) is 0 Å². The predicted molar refractivity (Wildman–Crippen MR) is 114 cm³/mol. The third-order valence-electron chi connectivity index (χ3n) is 4.99. The lowest BCUT2D eigenvalue weighted by molar-refractivity contribution is 0.0745. The molecule has 0 bridgehead atoms. The molecule has 3 aromatic rings. The Labute approximate surface area is 174 Å². The molecule has 8 heteroatoms. The second kappa shape index (κ2) is 8.44. The number of amides is 1. The second-order valence-electron chi connectivity index (χ2n) is 7.32. The molecule has 1 aliphatic rings. The van der Waals surface area contributed by atoms with Gasteiger partial charge in [0, 0.05) is 44.1 Å². The smallest absolute Gasteiger partial charge is 0.255 e. The van der Waals surface area contributed by atoms with Gasteiger partial charge in [0.05, 0.1) is 11.8 Å². The van der Waals surface area contributed by atoms with Crippen LogP contribution in [0.1, 0.15) is 21.7 Å². The van der Waals surface area contributed by atoms with Crippen LogP contribution in [0, 0.1) is 19.7 Å². The van der Waals surface area contributed by atoms with Crippen LogP contribution in [0.3, 0.4) is 0 Å². The predicted octanol–water partition coefficient (Wildman–Crippen LogP) is 3.33. The van der Waals surface area contributed by atoms with Crippen LogP contribution in [0.2, 0.25) is 0 Å². The first-order chi connectivity index (χ1) is 14.5. The number of benzene rings is 1. The molecule has 1 amide bonds. The Balaban J connectivity index is 1.43. The van der Waals surface area contributed by atoms with Crippen LogP contribution in [0.4, 0.5) is 21.7 Å². The maximum atomic E-state index is 13.4. The van der Waals surface area contributed by atoms with Crippen LogP contribution in [0.5, 0.6) is 0 Å². The monoisotopic (exact) mass is 406 g/mol. The minimum Gasteiger partial charge on any atom is -0.353 e. The van der Waals surface area contributed by atoms with Gasteiger partial charge in [0.1, 0.15) is 23.3 Å². The maximum absolute atomic E-state index is 13.4. The Bertz CT molecular complexity index is 1050. The Morgan fingerprint density at radius 2 is 1.73 bits per heavy atom. The van der Waals surface area contributed by atoms with Crippen molar-refractivity contribution >= 4 is 23.2 Å². The molecule has 0 spiro atoms. The molecule has 2 aromatic heterocycles. The number of carbonyl (C=O) groups is 1. The number of nitrogens with zero attached hydrogens (tertiary/aromatic N) is 5. The molecule has 1 aromatic carbocycles. The fourth-order valence-electron chi connectivity index (χ4n) is 3.41. The number of hydrogen-bond acceptors (Lipinski definition) is 6. The molecule has 0 aliphatic carbocycles. The zero-order valence-electron chi connectivity index (χ0n) is 17.0. The molecule has 154 valence electrons. The van der Waals surface area contributed by atoms with E-state index >= 15 is 0 Å². The summed E-state index contributed by atoms with van der Waals surface area (Å²) in [4.78, 5) is 29.2. The fourth-order valence-corrected chi connectivity index (χ4v) is 3.41. The van der Waals surface area contributed by atoms with Crippen molar-refractivity contribution in [3.63, 3.8) is 0 Å². The topological polar surface area (TPSA) is 74.2 Å². The summed E-state index contributed by atoms with van der Waals surface area (Å²) in [7, 11) is 0. The Morgan fingerprint density at radius 3 is 2.43 bits per heavy atom. The van der Waals surface area contributed by atoms with E-state index in [1.165, 1.54) is 17.8 Å². The fraction of sp³-hybridized carbons (Fsp3) is 0.273. The van der Waals surface area contributed by atoms with Gasteiger partial charge in [-0.15, -0.1) is 0 Å². The SMILES string of the molecule is Cc1ccc(Nc2cc(N3CCN(C(=O)c4cncc(F)c4)CC3)nc(C)n2)cc1. The van der Waals surface area contributed by atoms with Crippen molar-refractivity contribution in [1.29, 1.82) is 0 Å². The molecule has 30 heavy (non-hydrogen) atoms. The van der Waals surface area contributed by atoms with Gasteiger partial charge in [0.2, 0.25) is 0 Å². The van der Waals surface area contributed by atoms with Gasteiger partial charge < -0.3 is 15.1 Å². The minimum atomic E-state index is -0.510. The highest BCUT2D eigenvalue weighted by molar-refractivity contribution is 5.94. The van der Waals surface area contributed by atoms with Gasteiger partial charge in [-0.1, -0.05) is 17.7 Å². The van der Waals surface area contributed by atoms with E-state index in [1.54, 1.807) is 4.90 Å². The first-order valence-electron chi connectivity index (χ1n) is 9.82. The second-order valence-corrected chi connectivity index (χ2v) is 7.32. The highest BCUT2D eigenvalue weighted by Crippen LogP contribution is 2.21. The lowest BCUT2D eigenvalue weighted by Crippen LogP contribution is -2.49. The normalized spacial score (nSPS) is 14.0. The first-order valence-corrected chi connectivity index (χ1v) is 9.82. The summed E-state index contributed by atoms with van der Waals surface area (Å²) in [6.45, 7) is 6.23. The molecule has 4 rings (SSSR count). The van der Waals surface area contributed by atoms with E-state index in [4.69, 9.17) is 0 Å². The van der Waals surface area contributed by atoms with Gasteiger partial charge in [0.25, 0.3) is 5.91 Å². The molecule has 1 N–H and O–H groups in total. The molecule has 1 aliphatic heterocycles. The summed E-state index contributed by atoms with van der Waals surface area (Å²) < 4.78 is 13.4. The van der Waals surface area contributed by atoms with Crippen LogP contribution >= 0.6 is 0 Å². The molecule has 0 saturated carbocycles. The number of aromatic nitrogens is 3. The van der Waals surface area contributed by atoms with E-state index in [2.05, 4.69) is 25.2 Å². The van der Waals surface area contributed by atoms with E-state index in [-0.39, 0.29) is 11.5 Å². The van der Waals surface area contributed by atoms with Gasteiger partial charge in [-0.05, 0) is 32.0 Å². The summed E-state index contributed by atoms with van der Waals surface area (Å²) in [5, 5.41) is 3.32. The summed E-state index contributed by atoms with van der Waals surface area (Å²) in [6.07, 6.45) is 2.49. The standard InChI is InChI=1S/C22H23FN6O/c1-15-3-5-19(6-4-15)27-20-12-21(26-16(2)25-20)28-7-9-29(10-8-28)22(30)17-11-18(23)14-24-13-17/h3-6,11-14H,7-10H2,1-2H3,(H,25,26,27). The van der Waals surface area contributed by atoms with E-state index in [9.17, 15) is 9.18 Å². The molecular formula is C22H23FN6O. The number of pyridine rings is 1. The van der Waals surface area contributed by atoms with Gasteiger partial charge in [0.15, 0.2) is 0 Å². The number of hydrogen-bond donors (Lipinski definition) is 1. The van der Waals surface area contributed by atoms with E-state index in [0.29, 0.717) is 32.0 Å². The van der Waals surface area contributed by atoms with Crippen LogP contribution in [0.25, 0.3) is 0 Å². The highest BCUT2D eigenvalue weighted by atomic mass is 19.1. The average molecular weight is 406 g/mol.